The van der Waals surface area contributed by atoms with Crippen molar-refractivity contribution in [2.24, 2.45) is 0 Å². The van der Waals surface area contributed by atoms with Crippen molar-refractivity contribution in [3.05, 3.63) is 47.4 Å². The van der Waals surface area contributed by atoms with Gasteiger partial charge in [-0.3, -0.25) is 4.31 Å². The largest absolute Gasteiger partial charge is 0.474 e. The molecule has 22 heavy (non-hydrogen) atoms. The van der Waals surface area contributed by atoms with Crippen LogP contribution in [-0.2, 0) is 10.0 Å². The van der Waals surface area contributed by atoms with Crippen LogP contribution >= 0.6 is 0 Å². The molecule has 1 aliphatic rings. The average Bonchev–Trinajstić information content (AvgIpc) is 2.48. The van der Waals surface area contributed by atoms with E-state index in [1.807, 2.05) is 6.92 Å². The molecule has 0 radical (unpaired) electrons. The first-order valence-corrected chi connectivity index (χ1v) is 8.22. The van der Waals surface area contributed by atoms with E-state index in [4.69, 9.17) is 4.74 Å². The van der Waals surface area contributed by atoms with Crippen LogP contribution in [0.1, 0.15) is 11.1 Å². The molecule has 7 heteroatoms. The van der Waals surface area contributed by atoms with E-state index in [1.165, 1.54) is 16.4 Å². The van der Waals surface area contributed by atoms with E-state index in [0.29, 0.717) is 11.3 Å². The van der Waals surface area contributed by atoms with Crippen LogP contribution in [0, 0.1) is 19.7 Å². The van der Waals surface area contributed by atoms with Gasteiger partial charge in [0.2, 0.25) is 5.88 Å². The number of hydrogen-bond acceptors (Lipinski definition) is 4. The van der Waals surface area contributed by atoms with Gasteiger partial charge in [-0.05, 0) is 43.2 Å². The van der Waals surface area contributed by atoms with Crippen molar-refractivity contribution >= 4 is 15.7 Å². The van der Waals surface area contributed by atoms with Gasteiger partial charge in [0.25, 0.3) is 10.0 Å². The third kappa shape index (κ3) is 2.41. The predicted octanol–water partition coefficient (Wildman–Crippen LogP) is 2.43. The zero-order valence-corrected chi connectivity index (χ0v) is 13.0. The minimum absolute atomic E-state index is 0.0399. The summed E-state index contributed by atoms with van der Waals surface area (Å²) in [6, 6.07) is 5.45. The van der Waals surface area contributed by atoms with Crippen LogP contribution in [0.15, 0.2) is 35.4 Å². The molecule has 0 unspecified atom stereocenters. The highest BCUT2D eigenvalue weighted by atomic mass is 32.2. The first kappa shape index (κ1) is 14.8. The van der Waals surface area contributed by atoms with Gasteiger partial charge in [0.15, 0.2) is 0 Å². The Bertz CT molecular complexity index is 837. The van der Waals surface area contributed by atoms with Crippen LogP contribution in [0.4, 0.5) is 10.1 Å². The summed E-state index contributed by atoms with van der Waals surface area (Å²) in [5.74, 6) is -0.311. The number of anilines is 1. The molecule has 0 amide bonds. The predicted molar refractivity (Wildman–Crippen MR) is 80.1 cm³/mol. The SMILES string of the molecule is Cc1cnc2c(c1)N(S(=O)(=O)c1cc(F)ccc1C)CCO2. The maximum absolute atomic E-state index is 13.5. The van der Waals surface area contributed by atoms with Crippen molar-refractivity contribution in [1.29, 1.82) is 0 Å². The lowest BCUT2D eigenvalue weighted by atomic mass is 10.2. The minimum Gasteiger partial charge on any atom is -0.474 e. The fourth-order valence-corrected chi connectivity index (χ4v) is 4.08. The highest BCUT2D eigenvalue weighted by Crippen LogP contribution is 2.34. The summed E-state index contributed by atoms with van der Waals surface area (Å²) in [4.78, 5) is 4.07. The molecular weight excluding hydrogens is 307 g/mol. The topological polar surface area (TPSA) is 59.5 Å². The number of fused-ring (bicyclic) bond motifs is 1. The average molecular weight is 322 g/mol. The summed E-state index contributed by atoms with van der Waals surface area (Å²) in [7, 11) is -3.87. The summed E-state index contributed by atoms with van der Waals surface area (Å²) in [5, 5.41) is 0. The van der Waals surface area contributed by atoms with Crippen LogP contribution in [0.2, 0.25) is 0 Å². The van der Waals surface area contributed by atoms with Crippen molar-refractivity contribution in [3.63, 3.8) is 0 Å². The number of aromatic nitrogens is 1. The van der Waals surface area contributed by atoms with Crippen molar-refractivity contribution in [2.45, 2.75) is 18.7 Å². The third-order valence-corrected chi connectivity index (χ3v) is 5.44. The van der Waals surface area contributed by atoms with Crippen molar-refractivity contribution in [2.75, 3.05) is 17.5 Å². The number of halogens is 1. The van der Waals surface area contributed by atoms with Crippen LogP contribution < -0.4 is 9.04 Å². The lowest BCUT2D eigenvalue weighted by molar-refractivity contribution is 0.303. The Labute approximate surface area is 128 Å². The summed E-state index contributed by atoms with van der Waals surface area (Å²) in [6.45, 7) is 3.83. The van der Waals surface area contributed by atoms with E-state index >= 15 is 0 Å². The van der Waals surface area contributed by atoms with Gasteiger partial charge in [-0.1, -0.05) is 6.07 Å². The fraction of sp³-hybridized carbons (Fsp3) is 0.267. The maximum atomic E-state index is 13.5. The number of sulfonamides is 1. The Morgan fingerprint density at radius 3 is 2.82 bits per heavy atom. The molecule has 1 aliphatic heterocycles. The first-order chi connectivity index (χ1) is 10.4. The molecule has 0 bridgehead atoms. The smallest absolute Gasteiger partial charge is 0.264 e. The second-order valence-corrected chi connectivity index (χ2v) is 7.00. The Balaban J connectivity index is 2.15. The second kappa shape index (κ2) is 5.24. The molecule has 1 aromatic heterocycles. The molecule has 2 heterocycles. The molecule has 2 aromatic rings. The van der Waals surface area contributed by atoms with Gasteiger partial charge in [-0.25, -0.2) is 17.8 Å². The van der Waals surface area contributed by atoms with Crippen LogP contribution in [-0.4, -0.2) is 26.6 Å². The van der Waals surface area contributed by atoms with Crippen LogP contribution in [0.3, 0.4) is 0 Å². The van der Waals surface area contributed by atoms with E-state index < -0.39 is 15.8 Å². The first-order valence-electron chi connectivity index (χ1n) is 6.78. The molecule has 0 saturated carbocycles. The van der Waals surface area contributed by atoms with Crippen molar-refractivity contribution in [1.82, 2.24) is 4.98 Å². The van der Waals surface area contributed by atoms with Gasteiger partial charge in [-0.15, -0.1) is 0 Å². The van der Waals surface area contributed by atoms with E-state index in [1.54, 1.807) is 19.2 Å². The van der Waals surface area contributed by atoms with Gasteiger partial charge in [0.1, 0.15) is 18.1 Å². The van der Waals surface area contributed by atoms with Gasteiger partial charge in [0.05, 0.1) is 11.4 Å². The molecule has 0 spiro atoms. The molecule has 0 N–H and O–H groups in total. The maximum Gasteiger partial charge on any atom is 0.264 e. The Hall–Kier alpha value is -2.15. The van der Waals surface area contributed by atoms with Crippen LogP contribution in [0.25, 0.3) is 0 Å². The lowest BCUT2D eigenvalue weighted by Crippen LogP contribution is -2.38. The van der Waals surface area contributed by atoms with Crippen molar-refractivity contribution < 1.29 is 17.5 Å². The van der Waals surface area contributed by atoms with E-state index in [9.17, 15) is 12.8 Å². The highest BCUT2D eigenvalue weighted by molar-refractivity contribution is 7.92. The Morgan fingerprint density at radius 2 is 2.05 bits per heavy atom. The molecule has 1 aromatic carbocycles. The molecule has 0 saturated heterocycles. The number of rotatable bonds is 2. The van der Waals surface area contributed by atoms with E-state index in [0.717, 1.165) is 11.6 Å². The molecule has 0 fully saturated rings. The molecule has 0 aliphatic carbocycles. The number of benzene rings is 1. The summed E-state index contributed by atoms with van der Waals surface area (Å²) in [6.07, 6.45) is 1.61. The summed E-state index contributed by atoms with van der Waals surface area (Å²) >= 11 is 0. The number of aryl methyl sites for hydroxylation is 2. The number of nitrogens with zero attached hydrogens (tertiary/aromatic N) is 2. The van der Waals surface area contributed by atoms with E-state index in [-0.39, 0.29) is 23.9 Å². The second-order valence-electron chi connectivity index (χ2n) is 5.17. The molecule has 5 nitrogen and oxygen atoms in total. The molecular formula is C15H15FN2O3S. The monoisotopic (exact) mass is 322 g/mol. The third-order valence-electron chi connectivity index (χ3n) is 3.49. The Morgan fingerprint density at radius 1 is 1.27 bits per heavy atom. The number of hydrogen-bond donors (Lipinski definition) is 0. The fourth-order valence-electron chi connectivity index (χ4n) is 2.40. The normalized spacial score (nSPS) is 14.4. The highest BCUT2D eigenvalue weighted by Gasteiger charge is 2.32. The summed E-state index contributed by atoms with van der Waals surface area (Å²) in [5.41, 5.74) is 1.70. The van der Waals surface area contributed by atoms with Gasteiger partial charge in [0, 0.05) is 6.20 Å². The van der Waals surface area contributed by atoms with Gasteiger partial charge in [-0.2, -0.15) is 0 Å². The zero-order chi connectivity index (χ0) is 15.9. The minimum atomic E-state index is -3.87. The van der Waals surface area contributed by atoms with Gasteiger partial charge < -0.3 is 4.74 Å². The molecule has 116 valence electrons. The molecule has 0 atom stereocenters. The van der Waals surface area contributed by atoms with E-state index in [2.05, 4.69) is 4.98 Å². The number of pyridine rings is 1. The summed E-state index contributed by atoms with van der Waals surface area (Å²) < 4.78 is 45.9. The number of ether oxygens (including phenoxy) is 1. The Kier molecular flexibility index (Phi) is 3.52. The van der Waals surface area contributed by atoms with Crippen LogP contribution in [0.5, 0.6) is 5.88 Å². The lowest BCUT2D eigenvalue weighted by Gasteiger charge is -2.30. The zero-order valence-electron chi connectivity index (χ0n) is 12.2. The molecule has 3 rings (SSSR count). The van der Waals surface area contributed by atoms with Gasteiger partial charge >= 0.3 is 0 Å². The quantitative estimate of drug-likeness (QED) is 0.852. The van der Waals surface area contributed by atoms with Crippen molar-refractivity contribution in [3.8, 4) is 5.88 Å². The standard InChI is InChI=1S/C15H15FN2O3S/c1-10-7-13-15(17-9-10)21-6-5-18(13)22(19,20)14-8-12(16)4-3-11(14)2/h3-4,7-9H,5-6H2,1-2H3.